The molecule has 4 saturated carbocycles. The standard InChI is InChI=1S/C64H86N3O14P/c1-42(2)58(60(73)78-41-55(71)64-56(79-61(80-64)44-21-11-8-12-22-44)36-51-50-26-25-48-35-49(68)28-29-62(48,3)57(50)52(69)37-63(51,64)4)66-59(72)46-23-17-31-67(39-46)40-47-34-45(24-27-54(47)81-82(74,75)76)53(70)38-65-30-14-5-6-15-32-77-33-16-13-20-43-18-9-7-10-19-43/h7,9-10,17-19,23-24,27-29,31,34-35,39,42,44,50-53,56-58,61,65,69-70H,5-6,8,11-16,20-22,25-26,30,32-33,36-38,40-41H2,1-4H3,(H2-,66,72,74,75,76)/p+1/t50?,51?,52?,53?,56-,57?,58?,61+,62-,63-,64+/m0/s1. The van der Waals surface area contributed by atoms with Crippen LogP contribution < -0.4 is 19.7 Å². The molecule has 9 rings (SSSR count). The van der Waals surface area contributed by atoms with Crippen LogP contribution in [0.4, 0.5) is 0 Å². The molecule has 3 aromatic rings. The predicted molar refractivity (Wildman–Crippen MR) is 306 cm³/mol. The zero-order chi connectivity index (χ0) is 58.2. The Morgan fingerprint density at radius 2 is 1.68 bits per heavy atom. The zero-order valence-corrected chi connectivity index (χ0v) is 49.2. The first-order chi connectivity index (χ1) is 39.3. The van der Waals surface area contributed by atoms with Crippen LogP contribution in [0.5, 0.6) is 5.75 Å². The molecule has 6 N–H and O–H groups in total. The second kappa shape index (κ2) is 27.0. The van der Waals surface area contributed by atoms with Crippen LogP contribution in [-0.2, 0) is 50.9 Å². The van der Waals surface area contributed by atoms with Crippen LogP contribution in [0.25, 0.3) is 0 Å². The van der Waals surface area contributed by atoms with E-state index in [-0.39, 0.29) is 60.3 Å². The largest absolute Gasteiger partial charge is 0.524 e. The topological polar surface area (TPSA) is 240 Å². The molecule has 1 aromatic heterocycles. The van der Waals surface area contributed by atoms with Gasteiger partial charge in [-0.05, 0) is 136 Å². The second-order valence-corrected chi connectivity index (χ2v) is 26.0. The molecule has 0 spiro atoms. The van der Waals surface area contributed by atoms with Gasteiger partial charge in [-0.15, -0.1) is 0 Å². The number of hydrogen-bond acceptors (Lipinski definition) is 13. The Labute approximate surface area is 483 Å². The number of aliphatic hydroxyl groups is 2. The molecular formula is C64H87N3O14P+. The molecule has 6 aliphatic rings. The summed E-state index contributed by atoms with van der Waals surface area (Å²) in [5.74, 6) is -2.56. The normalized spacial score (nSPS) is 28.5. The van der Waals surface area contributed by atoms with Crippen LogP contribution in [0.3, 0.4) is 0 Å². The third-order valence-corrected chi connectivity index (χ3v) is 19.4. The first-order valence-electron chi connectivity index (χ1n) is 30.1. The minimum atomic E-state index is -4.99. The molecule has 6 unspecified atom stereocenters. The van der Waals surface area contributed by atoms with Crippen molar-refractivity contribution in [3.63, 3.8) is 0 Å². The molecule has 82 heavy (non-hydrogen) atoms. The van der Waals surface area contributed by atoms with E-state index < -0.39 is 85.1 Å². The fourth-order valence-corrected chi connectivity index (χ4v) is 15.2. The molecule has 1 amide bonds. The fourth-order valence-electron chi connectivity index (χ4n) is 14.8. The average molecular weight is 1150 g/mol. The number of aromatic nitrogens is 1. The van der Waals surface area contributed by atoms with E-state index in [0.717, 1.165) is 102 Å². The van der Waals surface area contributed by atoms with E-state index in [0.29, 0.717) is 30.5 Å². The van der Waals surface area contributed by atoms with E-state index in [1.807, 2.05) is 19.1 Å². The Balaban J connectivity index is 0.800. The summed E-state index contributed by atoms with van der Waals surface area (Å²) < 4.78 is 44.4. The number of unbranched alkanes of at least 4 members (excludes halogenated alkanes) is 4. The summed E-state index contributed by atoms with van der Waals surface area (Å²) in [7, 11) is -4.99. The maximum Gasteiger partial charge on any atom is 0.524 e. The van der Waals surface area contributed by atoms with Crippen LogP contribution in [0.15, 0.2) is 96.9 Å². The van der Waals surface area contributed by atoms with Crippen molar-refractivity contribution < 1.29 is 71.8 Å². The molecular weight excluding hydrogens is 1070 g/mol. The quantitative estimate of drug-likeness (QED) is 0.0181. The molecule has 1 saturated heterocycles. The molecule has 446 valence electrons. The lowest BCUT2D eigenvalue weighted by Crippen LogP contribution is -2.64. The van der Waals surface area contributed by atoms with Crippen molar-refractivity contribution in [1.29, 1.82) is 0 Å². The number of phosphoric acid groups is 1. The minimum Gasteiger partial charge on any atom is -0.456 e. The highest BCUT2D eigenvalue weighted by atomic mass is 31.2. The van der Waals surface area contributed by atoms with E-state index in [2.05, 4.69) is 41.8 Å². The number of fused-ring (bicyclic) bond motifs is 7. The monoisotopic (exact) mass is 1150 g/mol. The van der Waals surface area contributed by atoms with Gasteiger partial charge >= 0.3 is 13.8 Å². The third-order valence-electron chi connectivity index (χ3n) is 19.0. The van der Waals surface area contributed by atoms with Crippen molar-refractivity contribution in [2.75, 3.05) is 32.9 Å². The van der Waals surface area contributed by atoms with Gasteiger partial charge in [0.15, 0.2) is 43.2 Å². The number of carbonyl (C=O) groups excluding carboxylic acids is 4. The summed E-state index contributed by atoms with van der Waals surface area (Å²) in [5.41, 5.74) is 0.504. The van der Waals surface area contributed by atoms with Crippen molar-refractivity contribution in [3.8, 4) is 5.75 Å². The number of rotatable bonds is 27. The summed E-state index contributed by atoms with van der Waals surface area (Å²) in [6.45, 7) is 9.49. The van der Waals surface area contributed by atoms with Crippen molar-refractivity contribution in [1.82, 2.24) is 10.6 Å². The van der Waals surface area contributed by atoms with Gasteiger partial charge in [-0.3, -0.25) is 24.2 Å². The van der Waals surface area contributed by atoms with Crippen molar-refractivity contribution in [2.24, 2.45) is 40.4 Å². The van der Waals surface area contributed by atoms with Crippen molar-refractivity contribution in [2.45, 2.75) is 173 Å². The SMILES string of the molecule is CC(C)C(NC(=O)c1ccc[n+](Cc2cc(C(O)CNCCCCCCOCCCCc3ccccc3)ccc2OP(=O)(O)O)c1)C(=O)OCC(=O)[C@@]12O[C@H](C3CCCCC3)O[C@H]1CC1C3CCC4=CC(=O)C=C[C@]4(C)C3C(O)C[C@@]12C. The third kappa shape index (κ3) is 13.9. The number of Topliss-reactive ketones (excluding diaryl/α,β-unsaturated/α-hetero) is 1. The van der Waals surface area contributed by atoms with E-state index in [4.69, 9.17) is 23.5 Å². The number of nitrogens with one attached hydrogen (secondary N) is 2. The maximum atomic E-state index is 15.2. The van der Waals surface area contributed by atoms with Crippen LogP contribution in [0.1, 0.15) is 157 Å². The summed E-state index contributed by atoms with van der Waals surface area (Å²) in [6.07, 6.45) is 20.0. The number of phosphoric ester groups is 1. The van der Waals surface area contributed by atoms with E-state index in [1.165, 1.54) is 17.8 Å². The van der Waals surface area contributed by atoms with E-state index in [1.54, 1.807) is 61.0 Å². The smallest absolute Gasteiger partial charge is 0.456 e. The van der Waals surface area contributed by atoms with Gasteiger partial charge < -0.3 is 44.3 Å². The van der Waals surface area contributed by atoms with Crippen LogP contribution in [-0.4, -0.2) is 106 Å². The summed E-state index contributed by atoms with van der Waals surface area (Å²) in [4.78, 5) is 75.5. The summed E-state index contributed by atoms with van der Waals surface area (Å²) >= 11 is 0. The lowest BCUT2D eigenvalue weighted by atomic mass is 9.46. The van der Waals surface area contributed by atoms with Crippen LogP contribution in [0, 0.1) is 40.4 Å². The van der Waals surface area contributed by atoms with E-state index in [9.17, 15) is 38.9 Å². The molecule has 1 aliphatic heterocycles. The first kappa shape index (κ1) is 61.6. The summed E-state index contributed by atoms with van der Waals surface area (Å²) in [5, 5.41) is 29.6. The number of benzene rings is 2. The van der Waals surface area contributed by atoms with E-state index >= 15 is 4.79 Å². The number of ether oxygens (including phenoxy) is 4. The lowest BCUT2D eigenvalue weighted by molar-refractivity contribution is -0.688. The van der Waals surface area contributed by atoms with Crippen LogP contribution in [0.2, 0.25) is 0 Å². The van der Waals surface area contributed by atoms with Crippen molar-refractivity contribution in [3.05, 3.63) is 119 Å². The number of aliphatic hydroxyl groups excluding tert-OH is 2. The van der Waals surface area contributed by atoms with Gasteiger partial charge in [0.05, 0.1) is 23.9 Å². The molecule has 18 heteroatoms. The molecule has 5 fully saturated rings. The number of esters is 1. The lowest BCUT2D eigenvalue weighted by Gasteiger charge is -2.59. The zero-order valence-electron chi connectivity index (χ0n) is 48.3. The Morgan fingerprint density at radius 3 is 2.44 bits per heavy atom. The molecule has 0 radical (unpaired) electrons. The highest BCUT2D eigenvalue weighted by Crippen LogP contribution is 2.70. The number of amides is 1. The molecule has 11 atom stereocenters. The number of hydrogen-bond donors (Lipinski definition) is 6. The fraction of sp³-hybridized carbons (Fsp3) is 0.609. The molecule has 17 nitrogen and oxygen atoms in total. The minimum absolute atomic E-state index is 0.0105. The number of allylic oxidation sites excluding steroid dienone is 4. The molecule has 2 heterocycles. The molecule has 5 aliphatic carbocycles. The van der Waals surface area contributed by atoms with Crippen LogP contribution >= 0.6 is 7.82 Å². The van der Waals surface area contributed by atoms with Gasteiger partial charge in [0, 0.05) is 48.5 Å². The average Bonchev–Trinajstić information content (AvgIpc) is 1.57. The van der Waals surface area contributed by atoms with Gasteiger partial charge in [0.1, 0.15) is 17.4 Å². The number of carbonyl (C=O) groups is 4. The van der Waals surface area contributed by atoms with Gasteiger partial charge in [-0.2, -0.15) is 4.57 Å². The van der Waals surface area contributed by atoms with Crippen molar-refractivity contribution >= 4 is 31.3 Å². The Kier molecular flexibility index (Phi) is 20.3. The summed E-state index contributed by atoms with van der Waals surface area (Å²) in [6, 6.07) is 17.1. The van der Waals surface area contributed by atoms with Gasteiger partial charge in [0.2, 0.25) is 5.78 Å². The van der Waals surface area contributed by atoms with Gasteiger partial charge in [0.25, 0.3) is 5.91 Å². The number of nitrogens with zero attached hydrogens (tertiary/aromatic N) is 1. The number of ketones is 2. The molecule has 2 aromatic carbocycles. The maximum absolute atomic E-state index is 15.2. The van der Waals surface area contributed by atoms with Gasteiger partial charge in [-0.25, -0.2) is 9.36 Å². The van der Waals surface area contributed by atoms with Gasteiger partial charge in [-0.1, -0.05) is 108 Å². The highest BCUT2D eigenvalue weighted by Gasteiger charge is 2.76. The number of aryl methyl sites for hydroxylation is 1. The molecule has 0 bridgehead atoms. The Hall–Kier alpha value is -4.94. The Morgan fingerprint density at radius 1 is 0.927 bits per heavy atom. The first-order valence-corrected chi connectivity index (χ1v) is 31.7. The number of pyridine rings is 1. The predicted octanol–water partition coefficient (Wildman–Crippen LogP) is 8.53. The Bertz CT molecular complexity index is 2830. The second-order valence-electron chi connectivity index (χ2n) is 24.8. The highest BCUT2D eigenvalue weighted by molar-refractivity contribution is 7.46.